The summed E-state index contributed by atoms with van der Waals surface area (Å²) in [4.78, 5) is 12.6. The summed E-state index contributed by atoms with van der Waals surface area (Å²) in [5.74, 6) is -1.32. The van der Waals surface area contributed by atoms with Crippen LogP contribution < -0.4 is 9.62 Å². The normalized spacial score (nSPS) is 11.1. The van der Waals surface area contributed by atoms with E-state index in [4.69, 9.17) is 0 Å². The molecule has 7 heteroatoms. The molecule has 0 bridgehead atoms. The molecule has 0 spiro atoms. The molecule has 3 aromatic carbocycles. The Labute approximate surface area is 163 Å². The Morgan fingerprint density at radius 2 is 1.57 bits per heavy atom. The van der Waals surface area contributed by atoms with Crippen LogP contribution in [0.1, 0.15) is 10.4 Å². The van der Waals surface area contributed by atoms with E-state index in [9.17, 15) is 17.6 Å². The van der Waals surface area contributed by atoms with Crippen molar-refractivity contribution in [2.45, 2.75) is 0 Å². The highest BCUT2D eigenvalue weighted by Crippen LogP contribution is 2.32. The van der Waals surface area contributed by atoms with Crippen LogP contribution in [0.4, 0.5) is 15.8 Å². The molecule has 5 nitrogen and oxygen atoms in total. The van der Waals surface area contributed by atoms with Gasteiger partial charge in [0, 0.05) is 7.05 Å². The van der Waals surface area contributed by atoms with E-state index in [1.165, 1.54) is 25.2 Å². The fraction of sp³-hybridized carbons (Fsp3) is 0.0952. The van der Waals surface area contributed by atoms with Crippen LogP contribution in [0.25, 0.3) is 11.1 Å². The third-order valence-electron chi connectivity index (χ3n) is 4.31. The van der Waals surface area contributed by atoms with Gasteiger partial charge in [0.05, 0.1) is 23.2 Å². The minimum atomic E-state index is -3.56. The molecule has 0 fully saturated rings. The van der Waals surface area contributed by atoms with Crippen LogP contribution in [-0.2, 0) is 10.0 Å². The SMILES string of the molecule is CN(c1ccc(-c2ccccc2)cc1NC(=O)c1ccccc1F)S(C)(=O)=O. The van der Waals surface area contributed by atoms with Crippen LogP contribution >= 0.6 is 0 Å². The molecule has 0 saturated heterocycles. The van der Waals surface area contributed by atoms with Gasteiger partial charge in [0.1, 0.15) is 5.82 Å². The molecule has 28 heavy (non-hydrogen) atoms. The monoisotopic (exact) mass is 398 g/mol. The van der Waals surface area contributed by atoms with Gasteiger partial charge in [-0.05, 0) is 35.4 Å². The van der Waals surface area contributed by atoms with E-state index in [0.717, 1.165) is 21.7 Å². The Bertz CT molecular complexity index is 1120. The number of halogens is 1. The predicted octanol–water partition coefficient (Wildman–Crippen LogP) is 4.14. The Hall–Kier alpha value is -3.19. The lowest BCUT2D eigenvalue weighted by Crippen LogP contribution is -2.26. The van der Waals surface area contributed by atoms with E-state index >= 15 is 0 Å². The maximum atomic E-state index is 14.0. The van der Waals surface area contributed by atoms with Gasteiger partial charge in [-0.2, -0.15) is 0 Å². The number of sulfonamides is 1. The van der Waals surface area contributed by atoms with Crippen LogP contribution in [0.15, 0.2) is 72.8 Å². The number of carbonyl (C=O) groups excluding carboxylic acids is 1. The summed E-state index contributed by atoms with van der Waals surface area (Å²) in [5.41, 5.74) is 2.11. The predicted molar refractivity (Wildman–Crippen MR) is 109 cm³/mol. The summed E-state index contributed by atoms with van der Waals surface area (Å²) in [7, 11) is -2.16. The highest BCUT2D eigenvalue weighted by atomic mass is 32.2. The maximum Gasteiger partial charge on any atom is 0.258 e. The minimum Gasteiger partial charge on any atom is -0.320 e. The molecule has 3 rings (SSSR count). The van der Waals surface area contributed by atoms with Crippen molar-refractivity contribution in [1.82, 2.24) is 0 Å². The summed E-state index contributed by atoms with van der Waals surface area (Å²) in [6.45, 7) is 0. The molecule has 0 atom stereocenters. The first kappa shape index (κ1) is 19.6. The van der Waals surface area contributed by atoms with Gasteiger partial charge in [0.15, 0.2) is 0 Å². The number of carbonyl (C=O) groups is 1. The Morgan fingerprint density at radius 3 is 2.21 bits per heavy atom. The highest BCUT2D eigenvalue weighted by Gasteiger charge is 2.19. The maximum absolute atomic E-state index is 14.0. The number of rotatable bonds is 5. The summed E-state index contributed by atoms with van der Waals surface area (Å²) in [5, 5.41) is 2.65. The van der Waals surface area contributed by atoms with Gasteiger partial charge in [0.2, 0.25) is 10.0 Å². The van der Waals surface area contributed by atoms with Crippen molar-refractivity contribution in [3.8, 4) is 11.1 Å². The smallest absolute Gasteiger partial charge is 0.258 e. The first-order chi connectivity index (χ1) is 13.3. The number of benzene rings is 3. The lowest BCUT2D eigenvalue weighted by atomic mass is 10.0. The van der Waals surface area contributed by atoms with Crippen molar-refractivity contribution in [3.05, 3.63) is 84.2 Å². The number of anilines is 2. The van der Waals surface area contributed by atoms with Crippen LogP contribution in [0.3, 0.4) is 0 Å². The molecule has 1 amide bonds. The summed E-state index contributed by atoms with van der Waals surface area (Å²) < 4.78 is 39.0. The van der Waals surface area contributed by atoms with Crippen molar-refractivity contribution in [3.63, 3.8) is 0 Å². The van der Waals surface area contributed by atoms with Crippen molar-refractivity contribution in [2.75, 3.05) is 22.9 Å². The largest absolute Gasteiger partial charge is 0.320 e. The van der Waals surface area contributed by atoms with Crippen LogP contribution in [0.2, 0.25) is 0 Å². The summed E-state index contributed by atoms with van der Waals surface area (Å²) >= 11 is 0. The second kappa shape index (κ2) is 7.82. The molecule has 0 heterocycles. The van der Waals surface area contributed by atoms with Gasteiger partial charge in [-0.25, -0.2) is 12.8 Å². The quantitative estimate of drug-likeness (QED) is 0.702. The van der Waals surface area contributed by atoms with Gasteiger partial charge in [0.25, 0.3) is 5.91 Å². The van der Waals surface area contributed by atoms with Crippen LogP contribution in [0, 0.1) is 5.82 Å². The number of amides is 1. The van der Waals surface area contributed by atoms with Crippen molar-refractivity contribution < 1.29 is 17.6 Å². The zero-order valence-corrected chi connectivity index (χ0v) is 16.2. The average Bonchev–Trinajstić information content (AvgIpc) is 2.67. The third-order valence-corrected chi connectivity index (χ3v) is 5.50. The number of nitrogens with one attached hydrogen (secondary N) is 1. The van der Waals surface area contributed by atoms with Crippen LogP contribution in [0.5, 0.6) is 0 Å². The molecule has 0 aliphatic heterocycles. The van der Waals surface area contributed by atoms with Crippen LogP contribution in [-0.4, -0.2) is 27.6 Å². The molecule has 144 valence electrons. The van der Waals surface area contributed by atoms with E-state index in [1.54, 1.807) is 24.3 Å². The van der Waals surface area contributed by atoms with E-state index in [-0.39, 0.29) is 16.9 Å². The molecule has 0 unspecified atom stereocenters. The lowest BCUT2D eigenvalue weighted by Gasteiger charge is -2.21. The first-order valence-corrected chi connectivity index (χ1v) is 10.3. The summed E-state index contributed by atoms with van der Waals surface area (Å²) in [6, 6.07) is 20.1. The number of hydrogen-bond acceptors (Lipinski definition) is 3. The van der Waals surface area contributed by atoms with E-state index in [0.29, 0.717) is 0 Å². The standard InChI is InChI=1S/C21H19FN2O3S/c1-24(28(2,26)27)20-13-12-16(15-8-4-3-5-9-15)14-19(20)23-21(25)17-10-6-7-11-18(17)22/h3-14H,1-2H3,(H,23,25). The van der Waals surface area contributed by atoms with E-state index in [2.05, 4.69) is 5.32 Å². The number of hydrogen-bond donors (Lipinski definition) is 1. The fourth-order valence-corrected chi connectivity index (χ4v) is 3.25. The topological polar surface area (TPSA) is 66.5 Å². The Kier molecular flexibility index (Phi) is 5.46. The van der Waals surface area contributed by atoms with Crippen molar-refractivity contribution in [2.24, 2.45) is 0 Å². The van der Waals surface area contributed by atoms with Crippen molar-refractivity contribution >= 4 is 27.3 Å². The molecule has 3 aromatic rings. The lowest BCUT2D eigenvalue weighted by molar-refractivity contribution is 0.102. The van der Waals surface area contributed by atoms with Crippen molar-refractivity contribution in [1.29, 1.82) is 0 Å². The molecule has 0 aromatic heterocycles. The Morgan fingerprint density at radius 1 is 0.929 bits per heavy atom. The van der Waals surface area contributed by atoms with E-state index in [1.807, 2.05) is 30.3 Å². The molecule has 0 saturated carbocycles. The van der Waals surface area contributed by atoms with Gasteiger partial charge in [-0.1, -0.05) is 48.5 Å². The second-order valence-electron chi connectivity index (χ2n) is 6.26. The average molecular weight is 398 g/mol. The zero-order chi connectivity index (χ0) is 20.3. The molecule has 1 N–H and O–H groups in total. The molecular formula is C21H19FN2O3S. The van der Waals surface area contributed by atoms with E-state index < -0.39 is 21.7 Å². The molecule has 0 aliphatic rings. The zero-order valence-electron chi connectivity index (χ0n) is 15.4. The third kappa shape index (κ3) is 4.20. The van der Waals surface area contributed by atoms with Gasteiger partial charge in [-0.3, -0.25) is 9.10 Å². The van der Waals surface area contributed by atoms with Gasteiger partial charge in [-0.15, -0.1) is 0 Å². The second-order valence-corrected chi connectivity index (χ2v) is 8.28. The summed E-state index contributed by atoms with van der Waals surface area (Å²) in [6.07, 6.45) is 1.07. The molecule has 0 radical (unpaired) electrons. The highest BCUT2D eigenvalue weighted by molar-refractivity contribution is 7.92. The molecular weight excluding hydrogens is 379 g/mol. The Balaban J connectivity index is 2.07. The van der Waals surface area contributed by atoms with Gasteiger partial charge >= 0.3 is 0 Å². The number of nitrogens with zero attached hydrogens (tertiary/aromatic N) is 1. The minimum absolute atomic E-state index is 0.124. The molecule has 0 aliphatic carbocycles. The van der Waals surface area contributed by atoms with Gasteiger partial charge < -0.3 is 5.32 Å². The fourth-order valence-electron chi connectivity index (χ4n) is 2.73. The first-order valence-electron chi connectivity index (χ1n) is 8.46.